The van der Waals surface area contributed by atoms with Crippen LogP contribution in [0.4, 0.5) is 0 Å². The van der Waals surface area contributed by atoms with E-state index in [4.69, 9.17) is 42.7 Å². The van der Waals surface area contributed by atoms with Crippen molar-refractivity contribution >= 4 is 20.5 Å². The largest absolute Gasteiger partial charge is 0.453 e. The molecule has 2 aromatic rings. The van der Waals surface area contributed by atoms with E-state index in [1.165, 1.54) is 0 Å². The van der Waals surface area contributed by atoms with Gasteiger partial charge in [0.25, 0.3) is 8.53 Å². The highest BCUT2D eigenvalue weighted by Gasteiger charge is 2.52. The van der Waals surface area contributed by atoms with Crippen LogP contribution in [-0.2, 0) is 37.5 Å². The highest BCUT2D eigenvalue weighted by Crippen LogP contribution is 2.46. The average molecular weight is 785 g/mol. The van der Waals surface area contributed by atoms with E-state index >= 15 is 0 Å². The van der Waals surface area contributed by atoms with Crippen LogP contribution in [0.2, 0.25) is 0 Å². The lowest BCUT2D eigenvalue weighted by atomic mass is 9.82. The molecule has 2 fully saturated rings. The van der Waals surface area contributed by atoms with Gasteiger partial charge >= 0.3 is 11.9 Å². The Morgan fingerprint density at radius 2 is 1.22 bits per heavy atom. The molecule has 2 saturated heterocycles. The Labute approximate surface area is 329 Å². The van der Waals surface area contributed by atoms with Crippen LogP contribution in [0, 0.1) is 29.1 Å². The fourth-order valence-electron chi connectivity index (χ4n) is 7.24. The highest BCUT2D eigenvalue weighted by atomic mass is 31.2. The number of nitriles is 1. The van der Waals surface area contributed by atoms with Gasteiger partial charge in [-0.3, -0.25) is 0 Å². The number of nitrogens with zero attached hydrogens (tertiary/aromatic N) is 2. The van der Waals surface area contributed by atoms with Gasteiger partial charge < -0.3 is 37.5 Å². The molecule has 11 atom stereocenters. The molecule has 0 aromatic heterocycles. The van der Waals surface area contributed by atoms with Gasteiger partial charge in [0.2, 0.25) is 0 Å². The van der Waals surface area contributed by atoms with E-state index in [0.29, 0.717) is 17.5 Å². The molecule has 0 bridgehead atoms. The summed E-state index contributed by atoms with van der Waals surface area (Å²) in [6.45, 7) is 19.0. The van der Waals surface area contributed by atoms with Crippen molar-refractivity contribution in [3.8, 4) is 6.07 Å². The molecule has 2 aromatic carbocycles. The fraction of sp³-hybridized carbons (Fsp3) is 0.643. The smallest absolute Gasteiger partial charge is 0.338 e. The first-order valence-corrected chi connectivity index (χ1v) is 20.9. The summed E-state index contributed by atoms with van der Waals surface area (Å²) in [5, 5.41) is 9.10. The normalized spacial score (nSPS) is 28.9. The van der Waals surface area contributed by atoms with Crippen LogP contribution in [0.1, 0.15) is 102 Å². The van der Waals surface area contributed by atoms with Gasteiger partial charge in [-0.15, -0.1) is 0 Å². The molecule has 2 aliphatic heterocycles. The van der Waals surface area contributed by atoms with Crippen molar-refractivity contribution < 1.29 is 47.1 Å². The summed E-state index contributed by atoms with van der Waals surface area (Å²) in [5.74, 6) is -1.33. The summed E-state index contributed by atoms with van der Waals surface area (Å²) in [5.41, 5.74) is 0.798. The van der Waals surface area contributed by atoms with Crippen LogP contribution in [0.15, 0.2) is 60.7 Å². The quantitative estimate of drug-likeness (QED) is 0.0770. The second-order valence-corrected chi connectivity index (χ2v) is 16.3. The molecule has 11 unspecified atom stereocenters. The van der Waals surface area contributed by atoms with Crippen molar-refractivity contribution in [2.75, 3.05) is 19.8 Å². The average Bonchev–Trinajstić information content (AvgIpc) is 3.18. The SMILES string of the molecule is CCC1OC(OC2C(C)C(CC)OC(OCCOP(OCCC#N)N(C(C)C)C(C)C)C2OC(=O)c2ccccc2)C(OC(=O)c2ccccc2)C(C)C1C. The number of carbonyl (C=O) groups excluding carboxylic acids is 2. The molecule has 0 saturated carbocycles. The van der Waals surface area contributed by atoms with Gasteiger partial charge in [-0.05, 0) is 70.7 Å². The van der Waals surface area contributed by atoms with Gasteiger partial charge in [-0.25, -0.2) is 14.3 Å². The van der Waals surface area contributed by atoms with Crippen molar-refractivity contribution in [1.29, 1.82) is 5.26 Å². The maximum absolute atomic E-state index is 13.7. The number of rotatable bonds is 19. The summed E-state index contributed by atoms with van der Waals surface area (Å²) < 4.78 is 53.4. The molecule has 4 rings (SSSR count). The van der Waals surface area contributed by atoms with Crippen molar-refractivity contribution in [2.24, 2.45) is 17.8 Å². The number of esters is 2. The van der Waals surface area contributed by atoms with Crippen LogP contribution in [0.5, 0.6) is 0 Å². The van der Waals surface area contributed by atoms with Gasteiger partial charge in [-0.2, -0.15) is 5.26 Å². The Bertz CT molecular complexity index is 1490. The Balaban J connectivity index is 1.62. The Kier molecular flexibility index (Phi) is 18.0. The van der Waals surface area contributed by atoms with Gasteiger partial charge in [0, 0.05) is 23.9 Å². The zero-order chi connectivity index (χ0) is 40.1. The van der Waals surface area contributed by atoms with E-state index in [1.54, 1.807) is 48.5 Å². The Morgan fingerprint density at radius 3 is 1.75 bits per heavy atom. The van der Waals surface area contributed by atoms with Crippen molar-refractivity contribution in [3.05, 3.63) is 71.8 Å². The van der Waals surface area contributed by atoms with Gasteiger partial charge in [0.1, 0.15) is 6.10 Å². The monoisotopic (exact) mass is 784 g/mol. The van der Waals surface area contributed by atoms with E-state index in [9.17, 15) is 9.59 Å². The standard InChI is InChI=1S/C42H61N2O10P/c1-10-34-29(7)30(8)37(52-39(45)32-19-14-12-15-20-32)42(51-34)54-36-31(9)35(11-2)50-41(38(36)53-40(46)33-21-16-13-17-22-33)47-25-26-49-55(48-24-18-23-43)44(27(3)4)28(5)6/h12-17,19-22,27-31,34-38,41-42H,10-11,18,24-26H2,1-9H3. The molecule has 0 aliphatic carbocycles. The van der Waals surface area contributed by atoms with E-state index in [-0.39, 0.29) is 68.3 Å². The van der Waals surface area contributed by atoms with Crippen LogP contribution >= 0.6 is 8.53 Å². The van der Waals surface area contributed by atoms with Crippen molar-refractivity contribution in [1.82, 2.24) is 4.67 Å². The third kappa shape index (κ3) is 12.0. The highest BCUT2D eigenvalue weighted by molar-refractivity contribution is 7.44. The van der Waals surface area contributed by atoms with Crippen LogP contribution in [0.25, 0.3) is 0 Å². The summed E-state index contributed by atoms with van der Waals surface area (Å²) >= 11 is 0. The second-order valence-electron chi connectivity index (χ2n) is 14.8. The molecule has 12 nitrogen and oxygen atoms in total. The van der Waals surface area contributed by atoms with E-state index in [1.807, 2.05) is 26.0 Å². The minimum absolute atomic E-state index is 0.0772. The molecule has 13 heteroatoms. The third-order valence-corrected chi connectivity index (χ3v) is 12.5. The molecule has 0 spiro atoms. The zero-order valence-corrected chi connectivity index (χ0v) is 34.8. The lowest BCUT2D eigenvalue weighted by Crippen LogP contribution is -2.60. The van der Waals surface area contributed by atoms with E-state index in [0.717, 1.165) is 6.42 Å². The van der Waals surface area contributed by atoms with Crippen LogP contribution < -0.4 is 0 Å². The summed E-state index contributed by atoms with van der Waals surface area (Å²) in [6.07, 6.45) is -3.37. The predicted octanol–water partition coefficient (Wildman–Crippen LogP) is 8.31. The number of benzene rings is 2. The molecular formula is C42H61N2O10P. The molecule has 0 amide bonds. The van der Waals surface area contributed by atoms with E-state index < -0.39 is 51.4 Å². The predicted molar refractivity (Wildman–Crippen MR) is 209 cm³/mol. The van der Waals surface area contributed by atoms with Gasteiger partial charge in [0.15, 0.2) is 24.8 Å². The van der Waals surface area contributed by atoms with Gasteiger partial charge in [-0.1, -0.05) is 71.0 Å². The van der Waals surface area contributed by atoms with Gasteiger partial charge in [0.05, 0.1) is 55.6 Å². The summed E-state index contributed by atoms with van der Waals surface area (Å²) in [7, 11) is -1.49. The third-order valence-electron chi connectivity index (χ3n) is 10.3. The zero-order valence-electron chi connectivity index (χ0n) is 33.9. The summed E-state index contributed by atoms with van der Waals surface area (Å²) in [4.78, 5) is 27.1. The molecule has 304 valence electrons. The first kappa shape index (κ1) is 44.7. The minimum Gasteiger partial charge on any atom is -0.453 e. The molecular weight excluding hydrogens is 723 g/mol. The first-order chi connectivity index (χ1) is 26.4. The maximum Gasteiger partial charge on any atom is 0.338 e. The molecule has 2 heterocycles. The number of hydrogen-bond acceptors (Lipinski definition) is 12. The van der Waals surface area contributed by atoms with E-state index in [2.05, 4.69) is 59.2 Å². The fourth-order valence-corrected chi connectivity index (χ4v) is 8.82. The molecule has 0 radical (unpaired) electrons. The topological polar surface area (TPSA) is 135 Å². The summed E-state index contributed by atoms with van der Waals surface area (Å²) in [6, 6.07) is 20.0. The van der Waals surface area contributed by atoms with Crippen LogP contribution in [0.3, 0.4) is 0 Å². The van der Waals surface area contributed by atoms with Crippen molar-refractivity contribution in [2.45, 2.75) is 137 Å². The lowest BCUT2D eigenvalue weighted by Gasteiger charge is -2.49. The lowest BCUT2D eigenvalue weighted by molar-refractivity contribution is -0.340. The van der Waals surface area contributed by atoms with Crippen LogP contribution in [-0.4, -0.2) is 91.6 Å². The molecule has 55 heavy (non-hydrogen) atoms. The minimum atomic E-state index is -1.49. The number of hydrogen-bond donors (Lipinski definition) is 0. The van der Waals surface area contributed by atoms with Crippen molar-refractivity contribution in [3.63, 3.8) is 0 Å². The Morgan fingerprint density at radius 1 is 0.709 bits per heavy atom. The second kappa shape index (κ2) is 22.1. The number of ether oxygens (including phenoxy) is 6. The molecule has 2 aliphatic rings. The maximum atomic E-state index is 13.7. The Hall–Kier alpha value is -2.98. The molecule has 0 N–H and O–H groups in total. The first-order valence-electron chi connectivity index (χ1n) is 19.7. The number of carbonyl (C=O) groups is 2.